The molecule has 1 heterocycles. The normalized spacial score (nSPS) is 20.2. The van der Waals surface area contributed by atoms with Gasteiger partial charge in [-0.05, 0) is 32.0 Å². The van der Waals surface area contributed by atoms with Gasteiger partial charge in [-0.3, -0.25) is 0 Å². The summed E-state index contributed by atoms with van der Waals surface area (Å²) in [5.74, 6) is -1.27. The van der Waals surface area contributed by atoms with Gasteiger partial charge in [-0.25, -0.2) is 14.6 Å². The van der Waals surface area contributed by atoms with Gasteiger partial charge in [0.05, 0.1) is 24.4 Å². The van der Waals surface area contributed by atoms with Crippen molar-refractivity contribution in [2.24, 2.45) is 5.10 Å². The van der Waals surface area contributed by atoms with E-state index >= 15 is 0 Å². The number of anilines is 1. The summed E-state index contributed by atoms with van der Waals surface area (Å²) in [6.07, 6.45) is -0.0647. The summed E-state index contributed by atoms with van der Waals surface area (Å²) in [6, 6.07) is 4.78. The summed E-state index contributed by atoms with van der Waals surface area (Å²) < 4.78 is 9.98. The number of carbonyl (C=O) groups is 2. The molecule has 0 aliphatic carbocycles. The van der Waals surface area contributed by atoms with Crippen LogP contribution < -0.4 is 9.75 Å². The van der Waals surface area contributed by atoms with Crippen molar-refractivity contribution in [3.63, 3.8) is 0 Å². The lowest BCUT2D eigenvalue weighted by Crippen LogP contribution is -2.47. The van der Waals surface area contributed by atoms with E-state index in [2.05, 4.69) is 5.10 Å². The van der Waals surface area contributed by atoms with Crippen LogP contribution in [-0.4, -0.2) is 42.0 Å². The highest BCUT2D eigenvalue weighted by Crippen LogP contribution is 2.37. The van der Waals surface area contributed by atoms with E-state index in [1.807, 2.05) is 0 Å². The molecule has 0 amide bonds. The second kappa shape index (κ2) is 6.45. The molecule has 0 saturated heterocycles. The number of esters is 1. The van der Waals surface area contributed by atoms with Crippen LogP contribution in [0.3, 0.4) is 0 Å². The molecule has 0 spiro atoms. The molecular weight excluding hydrogens is 324 g/mol. The Labute approximate surface area is 138 Å². The zero-order valence-corrected chi connectivity index (χ0v) is 13.8. The minimum Gasteiger partial charge on any atom is -0.495 e. The van der Waals surface area contributed by atoms with Crippen LogP contribution in [0.4, 0.5) is 5.69 Å². The second-order valence-electron chi connectivity index (χ2n) is 5.15. The first-order valence-corrected chi connectivity index (χ1v) is 7.33. The van der Waals surface area contributed by atoms with Crippen LogP contribution in [0.15, 0.2) is 23.3 Å². The first-order chi connectivity index (χ1) is 10.8. The molecule has 0 bridgehead atoms. The maximum Gasteiger partial charge on any atom is 0.354 e. The molecule has 0 aromatic heterocycles. The van der Waals surface area contributed by atoms with E-state index in [1.165, 1.54) is 19.0 Å². The number of benzene rings is 1. The van der Waals surface area contributed by atoms with E-state index in [0.717, 1.165) is 0 Å². The average molecular weight is 341 g/mol. The van der Waals surface area contributed by atoms with Crippen LogP contribution in [-0.2, 0) is 14.3 Å². The summed E-state index contributed by atoms with van der Waals surface area (Å²) in [7, 11) is 1.48. The molecule has 1 atom stereocenters. The lowest BCUT2D eigenvalue weighted by molar-refractivity contribution is -0.142. The number of hydrazone groups is 1. The van der Waals surface area contributed by atoms with Crippen molar-refractivity contribution < 1.29 is 24.2 Å². The Hall–Kier alpha value is -2.28. The van der Waals surface area contributed by atoms with Crippen molar-refractivity contribution in [1.82, 2.24) is 0 Å². The van der Waals surface area contributed by atoms with E-state index in [1.54, 1.807) is 25.1 Å². The summed E-state index contributed by atoms with van der Waals surface area (Å²) in [6.45, 7) is 3.35. The fourth-order valence-corrected chi connectivity index (χ4v) is 2.54. The number of nitrogens with zero attached hydrogens (tertiary/aromatic N) is 2. The molecule has 0 fully saturated rings. The number of carboxylic acids is 1. The second-order valence-corrected chi connectivity index (χ2v) is 5.56. The molecular formula is C15H17ClN2O5. The number of carboxylic acid groups (broad SMARTS) is 1. The van der Waals surface area contributed by atoms with E-state index in [9.17, 15) is 14.7 Å². The summed E-state index contributed by atoms with van der Waals surface area (Å²) in [4.78, 5) is 23.6. The number of methoxy groups -OCH3 is 1. The Morgan fingerprint density at radius 1 is 1.48 bits per heavy atom. The molecule has 1 unspecified atom stereocenters. The predicted molar refractivity (Wildman–Crippen MR) is 85.2 cm³/mol. The maximum absolute atomic E-state index is 11.9. The smallest absolute Gasteiger partial charge is 0.354 e. The quantitative estimate of drug-likeness (QED) is 0.827. The van der Waals surface area contributed by atoms with E-state index in [0.29, 0.717) is 16.5 Å². The van der Waals surface area contributed by atoms with Gasteiger partial charge in [0.15, 0.2) is 5.54 Å². The van der Waals surface area contributed by atoms with Crippen molar-refractivity contribution in [2.45, 2.75) is 25.8 Å². The lowest BCUT2D eigenvalue weighted by atomic mass is 9.95. The molecule has 1 N–H and O–H groups in total. The van der Waals surface area contributed by atoms with Gasteiger partial charge in [-0.1, -0.05) is 11.6 Å². The summed E-state index contributed by atoms with van der Waals surface area (Å²) in [5.41, 5.74) is -0.899. The number of hydrogen-bond donors (Lipinski definition) is 1. The molecule has 124 valence electrons. The summed E-state index contributed by atoms with van der Waals surface area (Å²) in [5, 5.41) is 15.3. The monoisotopic (exact) mass is 340 g/mol. The molecule has 23 heavy (non-hydrogen) atoms. The highest BCUT2D eigenvalue weighted by atomic mass is 35.5. The number of hydrogen-bond acceptors (Lipinski definition) is 6. The standard InChI is InChI=1S/C15H17ClN2O5/c1-4-23-13(19)11-8-15(2,14(20)21)18(17-11)9-5-6-12(22-3)10(16)7-9/h5-7H,4,8H2,1-3H3,(H,20,21). The Kier molecular flexibility index (Phi) is 4.79. The first kappa shape index (κ1) is 17.1. The van der Waals surface area contributed by atoms with Gasteiger partial charge in [0, 0.05) is 6.42 Å². The predicted octanol–water partition coefficient (Wildman–Crippen LogP) is 2.32. The number of ether oxygens (including phenoxy) is 2. The van der Waals surface area contributed by atoms with Gasteiger partial charge in [0.25, 0.3) is 0 Å². The number of halogens is 1. The molecule has 1 aromatic rings. The van der Waals surface area contributed by atoms with Gasteiger partial charge in [-0.15, -0.1) is 0 Å². The lowest BCUT2D eigenvalue weighted by Gasteiger charge is -2.30. The van der Waals surface area contributed by atoms with Crippen LogP contribution in [0.2, 0.25) is 5.02 Å². The van der Waals surface area contributed by atoms with Crippen LogP contribution in [0.25, 0.3) is 0 Å². The fraction of sp³-hybridized carbons (Fsp3) is 0.400. The van der Waals surface area contributed by atoms with Crippen molar-refractivity contribution >= 4 is 34.9 Å². The largest absolute Gasteiger partial charge is 0.495 e. The zero-order chi connectivity index (χ0) is 17.2. The van der Waals surface area contributed by atoms with Gasteiger partial charge >= 0.3 is 11.9 Å². The van der Waals surface area contributed by atoms with E-state index in [4.69, 9.17) is 21.1 Å². The third-order valence-corrected chi connectivity index (χ3v) is 3.85. The van der Waals surface area contributed by atoms with Crippen LogP contribution >= 0.6 is 11.6 Å². The van der Waals surface area contributed by atoms with Crippen molar-refractivity contribution in [1.29, 1.82) is 0 Å². The van der Waals surface area contributed by atoms with E-state index < -0.39 is 17.5 Å². The van der Waals surface area contributed by atoms with E-state index in [-0.39, 0.29) is 18.7 Å². The minimum atomic E-state index is -1.40. The Bertz CT molecular complexity index is 676. The van der Waals surface area contributed by atoms with Gasteiger partial charge < -0.3 is 14.6 Å². The Morgan fingerprint density at radius 3 is 2.70 bits per heavy atom. The van der Waals surface area contributed by atoms with Crippen LogP contribution in [0.1, 0.15) is 20.3 Å². The highest BCUT2D eigenvalue weighted by Gasteiger charge is 2.48. The number of carbonyl (C=O) groups excluding carboxylic acids is 1. The maximum atomic E-state index is 11.9. The van der Waals surface area contributed by atoms with Gasteiger partial charge in [0.1, 0.15) is 11.5 Å². The molecule has 2 rings (SSSR count). The fourth-order valence-electron chi connectivity index (χ4n) is 2.29. The molecule has 1 aromatic carbocycles. The first-order valence-electron chi connectivity index (χ1n) is 6.95. The molecule has 1 aliphatic heterocycles. The third kappa shape index (κ3) is 3.10. The van der Waals surface area contributed by atoms with Crippen molar-refractivity contribution in [2.75, 3.05) is 18.7 Å². The average Bonchev–Trinajstić information content (AvgIpc) is 2.87. The molecule has 8 heteroatoms. The molecule has 1 aliphatic rings. The highest BCUT2D eigenvalue weighted by molar-refractivity contribution is 6.38. The minimum absolute atomic E-state index is 0.0590. The van der Waals surface area contributed by atoms with Crippen molar-refractivity contribution in [3.8, 4) is 5.75 Å². The summed E-state index contributed by atoms with van der Waals surface area (Å²) >= 11 is 6.09. The number of aliphatic carboxylic acids is 1. The molecule has 7 nitrogen and oxygen atoms in total. The SMILES string of the molecule is CCOC(=O)C1=NN(c2ccc(OC)c(Cl)c2)C(C)(C(=O)O)C1. The van der Waals surface area contributed by atoms with Crippen LogP contribution in [0.5, 0.6) is 5.75 Å². The zero-order valence-electron chi connectivity index (χ0n) is 13.0. The van der Waals surface area contributed by atoms with Crippen LogP contribution in [0, 0.1) is 0 Å². The molecule has 0 saturated carbocycles. The third-order valence-electron chi connectivity index (χ3n) is 3.55. The topological polar surface area (TPSA) is 88.4 Å². The Morgan fingerprint density at radius 2 is 2.17 bits per heavy atom. The van der Waals surface area contributed by atoms with Crippen molar-refractivity contribution in [3.05, 3.63) is 23.2 Å². The number of rotatable bonds is 5. The Balaban J connectivity index is 2.44. The molecule has 0 radical (unpaired) electrons. The van der Waals surface area contributed by atoms with Gasteiger partial charge in [-0.2, -0.15) is 5.10 Å². The van der Waals surface area contributed by atoms with Gasteiger partial charge in [0.2, 0.25) is 0 Å².